The lowest BCUT2D eigenvalue weighted by Gasteiger charge is -2.39. The van der Waals surface area contributed by atoms with Gasteiger partial charge in [0.05, 0.1) is 29.2 Å². The van der Waals surface area contributed by atoms with Crippen LogP contribution in [0.25, 0.3) is 10.8 Å². The van der Waals surface area contributed by atoms with E-state index in [1.165, 1.54) is 6.08 Å². The number of amides is 2. The summed E-state index contributed by atoms with van der Waals surface area (Å²) in [6.45, 7) is 9.49. The van der Waals surface area contributed by atoms with E-state index in [1.54, 1.807) is 27.6 Å². The Balaban J connectivity index is 1.59. The molecule has 7 nitrogen and oxygen atoms in total. The van der Waals surface area contributed by atoms with E-state index in [2.05, 4.69) is 13.2 Å². The number of hydrogen-bond acceptors (Lipinski definition) is 6. The van der Waals surface area contributed by atoms with Gasteiger partial charge in [-0.05, 0) is 42.2 Å². The van der Waals surface area contributed by atoms with Gasteiger partial charge in [-0.1, -0.05) is 56.0 Å². The topological polar surface area (TPSA) is 87.1 Å². The van der Waals surface area contributed by atoms with Crippen molar-refractivity contribution in [1.29, 1.82) is 0 Å². The number of carbonyl (C=O) groups excluding carboxylic acids is 3. The highest BCUT2D eigenvalue weighted by molar-refractivity contribution is 8.02. The van der Waals surface area contributed by atoms with Crippen LogP contribution in [0.15, 0.2) is 67.8 Å². The zero-order chi connectivity index (χ0) is 27.0. The van der Waals surface area contributed by atoms with Crippen molar-refractivity contribution in [3.05, 3.63) is 67.8 Å². The van der Waals surface area contributed by atoms with Crippen LogP contribution in [0.3, 0.4) is 0 Å². The second-order valence-electron chi connectivity index (χ2n) is 10.2. The molecular formula is C30H34N2O5S. The van der Waals surface area contributed by atoms with Crippen LogP contribution < -0.4 is 4.90 Å². The molecule has 3 saturated heterocycles. The van der Waals surface area contributed by atoms with E-state index in [1.807, 2.05) is 49.4 Å². The molecule has 38 heavy (non-hydrogen) atoms. The molecule has 2 aromatic carbocycles. The zero-order valence-corrected chi connectivity index (χ0v) is 22.4. The minimum Gasteiger partial charge on any atom is -0.461 e. The highest BCUT2D eigenvalue weighted by atomic mass is 32.2. The maximum atomic E-state index is 14.6. The highest BCUT2D eigenvalue weighted by Crippen LogP contribution is 2.67. The Morgan fingerprint density at radius 2 is 2.00 bits per heavy atom. The minimum atomic E-state index is -0.810. The second-order valence-corrected chi connectivity index (χ2v) is 11.8. The number of benzene rings is 2. The van der Waals surface area contributed by atoms with Crippen molar-refractivity contribution in [3.8, 4) is 0 Å². The molecule has 8 heteroatoms. The summed E-state index contributed by atoms with van der Waals surface area (Å²) in [5, 5.41) is 12.2. The first-order valence-corrected chi connectivity index (χ1v) is 14.1. The van der Waals surface area contributed by atoms with Crippen molar-refractivity contribution in [3.63, 3.8) is 0 Å². The summed E-state index contributed by atoms with van der Waals surface area (Å²) in [6, 6.07) is 12.5. The Labute approximate surface area is 227 Å². The molecule has 1 N–H and O–H groups in total. The maximum absolute atomic E-state index is 14.6. The molecule has 2 bridgehead atoms. The van der Waals surface area contributed by atoms with Crippen molar-refractivity contribution in [1.82, 2.24) is 4.90 Å². The smallest absolute Gasteiger partial charge is 0.311 e. The number of likely N-dealkylation sites (tertiary alicyclic amines) is 1. The summed E-state index contributed by atoms with van der Waals surface area (Å²) in [5.74, 6) is -2.15. The quantitative estimate of drug-likeness (QED) is 0.367. The van der Waals surface area contributed by atoms with Crippen molar-refractivity contribution < 1.29 is 24.2 Å². The predicted molar refractivity (Wildman–Crippen MR) is 150 cm³/mol. The van der Waals surface area contributed by atoms with Crippen LogP contribution in [0.2, 0.25) is 0 Å². The molecule has 2 unspecified atom stereocenters. The molecule has 2 aromatic rings. The van der Waals surface area contributed by atoms with Gasteiger partial charge in [0.2, 0.25) is 5.91 Å². The molecule has 5 rings (SSSR count). The average Bonchev–Trinajstić information content (AvgIpc) is 3.58. The van der Waals surface area contributed by atoms with Crippen molar-refractivity contribution in [2.24, 2.45) is 11.8 Å². The van der Waals surface area contributed by atoms with Gasteiger partial charge in [0.25, 0.3) is 5.91 Å². The Bertz CT molecular complexity index is 1280. The summed E-state index contributed by atoms with van der Waals surface area (Å²) in [7, 11) is 0. The molecule has 3 aliphatic rings. The summed E-state index contributed by atoms with van der Waals surface area (Å²) in [4.78, 5) is 45.1. The van der Waals surface area contributed by atoms with Crippen LogP contribution in [0, 0.1) is 11.8 Å². The lowest BCUT2D eigenvalue weighted by Crippen LogP contribution is -2.57. The molecule has 1 spiro atoms. The summed E-state index contributed by atoms with van der Waals surface area (Å²) in [6.07, 6.45) is 5.07. The van der Waals surface area contributed by atoms with Crippen LogP contribution in [-0.4, -0.2) is 69.6 Å². The molecule has 2 amide bonds. The predicted octanol–water partition coefficient (Wildman–Crippen LogP) is 3.95. The van der Waals surface area contributed by atoms with E-state index in [4.69, 9.17) is 4.74 Å². The maximum Gasteiger partial charge on any atom is 0.311 e. The largest absolute Gasteiger partial charge is 0.461 e. The number of ether oxygens (including phenoxy) is 1. The number of carbonyl (C=O) groups is 3. The van der Waals surface area contributed by atoms with E-state index in [0.29, 0.717) is 12.8 Å². The molecular weight excluding hydrogens is 500 g/mol. The van der Waals surface area contributed by atoms with Crippen LogP contribution in [-0.2, 0) is 19.1 Å². The lowest BCUT2D eigenvalue weighted by atomic mass is 9.71. The van der Waals surface area contributed by atoms with Crippen molar-refractivity contribution in [2.75, 3.05) is 24.7 Å². The minimum absolute atomic E-state index is 0.0794. The molecule has 3 heterocycles. The number of aliphatic hydroxyl groups excluding tert-OH is 1. The number of rotatable bonds is 10. The van der Waals surface area contributed by atoms with Gasteiger partial charge in [-0.25, -0.2) is 0 Å². The van der Waals surface area contributed by atoms with E-state index >= 15 is 0 Å². The number of esters is 1. The van der Waals surface area contributed by atoms with Crippen LogP contribution in [0.5, 0.6) is 0 Å². The van der Waals surface area contributed by atoms with Crippen molar-refractivity contribution >= 4 is 46.0 Å². The van der Waals surface area contributed by atoms with Gasteiger partial charge in [0.1, 0.15) is 12.6 Å². The summed E-state index contributed by atoms with van der Waals surface area (Å²) >= 11 is 1.59. The third kappa shape index (κ3) is 4.05. The molecule has 3 aliphatic heterocycles. The molecule has 3 fully saturated rings. The van der Waals surface area contributed by atoms with E-state index in [9.17, 15) is 19.5 Å². The number of nitrogens with zero attached hydrogens (tertiary/aromatic N) is 2. The molecule has 0 aliphatic carbocycles. The summed E-state index contributed by atoms with van der Waals surface area (Å²) < 4.78 is 4.67. The number of aliphatic hydroxyl groups is 1. The standard InChI is InChI=1S/C30H34N2O5S/c1-4-15-31(22-12-11-19-9-7-8-10-20(19)17-22)28(35)26-30-14-13-23(38-30)24(29(36)37-16-5-2)25(30)27(34)32(26)21(6-3)18-33/h4-5,7-12,17,21,23-26,33H,1-2,6,13-16,18H2,3H3/t21-,23+,24-,25-,26?,30?/m0/s1. The van der Waals surface area contributed by atoms with Gasteiger partial charge in [0.15, 0.2) is 0 Å². The monoisotopic (exact) mass is 534 g/mol. The zero-order valence-electron chi connectivity index (χ0n) is 21.6. The van der Waals surface area contributed by atoms with Crippen LogP contribution >= 0.6 is 11.8 Å². The highest BCUT2D eigenvalue weighted by Gasteiger charge is 2.74. The lowest BCUT2D eigenvalue weighted by molar-refractivity contribution is -0.153. The molecule has 0 aromatic heterocycles. The van der Waals surface area contributed by atoms with Gasteiger partial charge < -0.3 is 19.6 Å². The van der Waals surface area contributed by atoms with Crippen LogP contribution in [0.4, 0.5) is 5.69 Å². The fourth-order valence-electron chi connectivity index (χ4n) is 6.63. The van der Waals surface area contributed by atoms with E-state index < -0.39 is 34.6 Å². The Morgan fingerprint density at radius 1 is 1.24 bits per heavy atom. The first-order chi connectivity index (χ1) is 18.4. The first-order valence-electron chi connectivity index (χ1n) is 13.2. The second kappa shape index (κ2) is 10.6. The van der Waals surface area contributed by atoms with Gasteiger partial charge in [-0.15, -0.1) is 18.3 Å². The Morgan fingerprint density at radius 3 is 2.68 bits per heavy atom. The van der Waals surface area contributed by atoms with Gasteiger partial charge >= 0.3 is 5.97 Å². The molecule has 6 atom stereocenters. The number of anilines is 1. The van der Waals surface area contributed by atoms with Gasteiger partial charge in [-0.3, -0.25) is 14.4 Å². The van der Waals surface area contributed by atoms with E-state index in [0.717, 1.165) is 22.9 Å². The average molecular weight is 535 g/mol. The molecule has 0 radical (unpaired) electrons. The Hall–Kier alpha value is -3.10. The molecule has 200 valence electrons. The van der Waals surface area contributed by atoms with Crippen LogP contribution in [0.1, 0.15) is 26.2 Å². The fourth-order valence-corrected chi connectivity index (χ4v) is 8.81. The van der Waals surface area contributed by atoms with Gasteiger partial charge in [-0.2, -0.15) is 0 Å². The van der Waals surface area contributed by atoms with Crippen molar-refractivity contribution in [2.45, 2.75) is 48.3 Å². The third-order valence-corrected chi connectivity index (χ3v) is 10.2. The summed E-state index contributed by atoms with van der Waals surface area (Å²) in [5.41, 5.74) is 0.720. The fraction of sp³-hybridized carbons (Fsp3) is 0.433. The number of hydrogen-bond donors (Lipinski definition) is 1. The van der Waals surface area contributed by atoms with E-state index in [-0.39, 0.29) is 36.8 Å². The SMILES string of the molecule is C=CCOC(=O)[C@@H]1[C@H]2C(=O)N([C@@H](CC)CO)C(C(=O)N(CC=C)c3ccc4ccccc4c3)C23CC[C@H]1S3. The third-order valence-electron chi connectivity index (χ3n) is 8.29. The normalized spacial score (nSPS) is 28.3. The Kier molecular flexibility index (Phi) is 7.38. The van der Waals surface area contributed by atoms with Gasteiger partial charge in [0, 0.05) is 17.5 Å². The first kappa shape index (κ1) is 26.5. The molecule has 0 saturated carbocycles. The number of fused-ring (bicyclic) bond motifs is 2. The number of thioether (sulfide) groups is 1.